The molecule has 0 radical (unpaired) electrons. The van der Waals surface area contributed by atoms with E-state index in [1.165, 1.54) is 0 Å². The number of rotatable bonds is 5. The Kier molecular flexibility index (Phi) is 3.55. The van der Waals surface area contributed by atoms with E-state index in [4.69, 9.17) is 5.11 Å². The molecule has 4 heteroatoms. The molecule has 0 spiro atoms. The van der Waals surface area contributed by atoms with Crippen molar-refractivity contribution in [2.45, 2.75) is 20.3 Å². The molecule has 1 atom stereocenters. The summed E-state index contributed by atoms with van der Waals surface area (Å²) in [5.74, 6) is -1.06. The number of carboxylic acids is 1. The van der Waals surface area contributed by atoms with Crippen LogP contribution in [0.5, 0.6) is 0 Å². The summed E-state index contributed by atoms with van der Waals surface area (Å²) in [6.07, 6.45) is 0.619. The van der Waals surface area contributed by atoms with Crippen molar-refractivity contribution in [1.82, 2.24) is 4.98 Å². The summed E-state index contributed by atoms with van der Waals surface area (Å²) < 4.78 is 0. The van der Waals surface area contributed by atoms with Crippen LogP contribution in [0.2, 0.25) is 0 Å². The molecular formula is C14H18N2O2. The van der Waals surface area contributed by atoms with Crippen molar-refractivity contribution in [3.63, 3.8) is 0 Å². The van der Waals surface area contributed by atoms with Gasteiger partial charge in [0.1, 0.15) is 0 Å². The number of carbonyl (C=O) groups is 1. The number of aromatic nitrogens is 1. The van der Waals surface area contributed by atoms with Gasteiger partial charge >= 0.3 is 5.97 Å². The molecule has 0 fully saturated rings. The maximum absolute atomic E-state index is 10.7. The van der Waals surface area contributed by atoms with Crippen LogP contribution >= 0.6 is 0 Å². The molecule has 18 heavy (non-hydrogen) atoms. The number of aryl methyl sites for hydroxylation is 1. The van der Waals surface area contributed by atoms with Gasteiger partial charge in [0.25, 0.3) is 0 Å². The average Bonchev–Trinajstić information content (AvgIpc) is 2.65. The second-order valence-corrected chi connectivity index (χ2v) is 4.63. The lowest BCUT2D eigenvalue weighted by Gasteiger charge is -2.09. The second kappa shape index (κ2) is 5.12. The molecule has 2 aromatic rings. The molecule has 4 nitrogen and oxygen atoms in total. The van der Waals surface area contributed by atoms with E-state index in [9.17, 15) is 4.79 Å². The van der Waals surface area contributed by atoms with Crippen LogP contribution in [0.1, 0.15) is 19.0 Å². The highest BCUT2D eigenvalue weighted by Crippen LogP contribution is 2.26. The lowest BCUT2D eigenvalue weighted by Crippen LogP contribution is -2.14. The van der Waals surface area contributed by atoms with Crippen molar-refractivity contribution in [2.24, 2.45) is 5.92 Å². The number of benzene rings is 1. The molecular weight excluding hydrogens is 228 g/mol. The van der Waals surface area contributed by atoms with E-state index in [1.54, 1.807) is 6.92 Å². The van der Waals surface area contributed by atoms with E-state index < -0.39 is 5.97 Å². The van der Waals surface area contributed by atoms with Crippen molar-refractivity contribution in [2.75, 3.05) is 11.9 Å². The van der Waals surface area contributed by atoms with Crippen molar-refractivity contribution in [1.29, 1.82) is 0 Å². The van der Waals surface area contributed by atoms with Gasteiger partial charge in [-0.3, -0.25) is 4.79 Å². The summed E-state index contributed by atoms with van der Waals surface area (Å²) in [7, 11) is 0. The molecule has 0 bridgehead atoms. The van der Waals surface area contributed by atoms with E-state index in [2.05, 4.69) is 16.4 Å². The van der Waals surface area contributed by atoms with E-state index in [1.807, 2.05) is 25.1 Å². The van der Waals surface area contributed by atoms with Crippen molar-refractivity contribution in [3.8, 4) is 0 Å². The third kappa shape index (κ3) is 2.47. The average molecular weight is 246 g/mol. The van der Waals surface area contributed by atoms with Gasteiger partial charge in [-0.25, -0.2) is 0 Å². The van der Waals surface area contributed by atoms with Crippen LogP contribution in [0.15, 0.2) is 24.3 Å². The van der Waals surface area contributed by atoms with E-state index in [-0.39, 0.29) is 5.92 Å². The zero-order valence-electron chi connectivity index (χ0n) is 10.7. The number of aliphatic carboxylic acids is 1. The first kappa shape index (κ1) is 12.5. The first-order valence-corrected chi connectivity index (χ1v) is 6.13. The second-order valence-electron chi connectivity index (χ2n) is 4.63. The highest BCUT2D eigenvalue weighted by atomic mass is 16.4. The lowest BCUT2D eigenvalue weighted by molar-refractivity contribution is -0.141. The summed E-state index contributed by atoms with van der Waals surface area (Å²) in [4.78, 5) is 14.0. The van der Waals surface area contributed by atoms with Gasteiger partial charge < -0.3 is 15.4 Å². The van der Waals surface area contributed by atoms with Gasteiger partial charge in [-0.1, -0.05) is 25.1 Å². The molecule has 1 aromatic carbocycles. The third-order valence-corrected chi connectivity index (χ3v) is 3.19. The fourth-order valence-electron chi connectivity index (χ4n) is 2.04. The van der Waals surface area contributed by atoms with Gasteiger partial charge in [0.2, 0.25) is 0 Å². The minimum Gasteiger partial charge on any atom is -0.481 e. The number of para-hydroxylation sites is 1. The third-order valence-electron chi connectivity index (χ3n) is 3.19. The molecule has 0 saturated carbocycles. The van der Waals surface area contributed by atoms with E-state index in [0.717, 1.165) is 22.3 Å². The SMILES string of the molecule is Cc1[nH]c2ccccc2c1NCCC(C)C(=O)O. The smallest absolute Gasteiger partial charge is 0.306 e. The van der Waals surface area contributed by atoms with Crippen molar-refractivity contribution >= 4 is 22.6 Å². The zero-order chi connectivity index (χ0) is 13.1. The van der Waals surface area contributed by atoms with Crippen LogP contribution in [0, 0.1) is 12.8 Å². The number of nitrogens with one attached hydrogen (secondary N) is 2. The molecule has 2 rings (SSSR count). The van der Waals surface area contributed by atoms with Gasteiger partial charge in [-0.2, -0.15) is 0 Å². The van der Waals surface area contributed by atoms with Gasteiger partial charge in [-0.05, 0) is 19.4 Å². The van der Waals surface area contributed by atoms with Gasteiger partial charge in [0, 0.05) is 23.1 Å². The molecule has 0 saturated heterocycles. The molecule has 1 aromatic heterocycles. The van der Waals surface area contributed by atoms with Crippen LogP contribution in [0.4, 0.5) is 5.69 Å². The zero-order valence-corrected chi connectivity index (χ0v) is 10.7. The van der Waals surface area contributed by atoms with Gasteiger partial charge in [0.05, 0.1) is 11.6 Å². The monoisotopic (exact) mass is 246 g/mol. The number of anilines is 1. The highest BCUT2D eigenvalue weighted by molar-refractivity contribution is 5.94. The molecule has 0 amide bonds. The summed E-state index contributed by atoms with van der Waals surface area (Å²) in [5, 5.41) is 13.3. The standard InChI is InChI=1S/C14H18N2O2/c1-9(14(17)18)7-8-15-13-10(2)16-12-6-4-3-5-11(12)13/h3-6,9,15-16H,7-8H2,1-2H3,(H,17,18). The summed E-state index contributed by atoms with van der Waals surface area (Å²) >= 11 is 0. The fourth-order valence-corrected chi connectivity index (χ4v) is 2.04. The maximum atomic E-state index is 10.7. The number of H-pyrrole nitrogens is 1. The molecule has 0 aliphatic rings. The lowest BCUT2D eigenvalue weighted by atomic mass is 10.1. The largest absolute Gasteiger partial charge is 0.481 e. The fraction of sp³-hybridized carbons (Fsp3) is 0.357. The molecule has 96 valence electrons. The molecule has 0 aliphatic carbocycles. The number of fused-ring (bicyclic) bond motifs is 1. The van der Waals surface area contributed by atoms with Crippen LogP contribution in [0.3, 0.4) is 0 Å². The predicted molar refractivity (Wildman–Crippen MR) is 72.9 cm³/mol. The predicted octanol–water partition coefficient (Wildman–Crippen LogP) is 3.00. The molecule has 1 unspecified atom stereocenters. The normalized spacial score (nSPS) is 12.6. The summed E-state index contributed by atoms with van der Waals surface area (Å²) in [6.45, 7) is 4.41. The first-order chi connectivity index (χ1) is 8.59. The van der Waals surface area contributed by atoms with E-state index >= 15 is 0 Å². The summed E-state index contributed by atoms with van der Waals surface area (Å²) in [5.41, 5.74) is 3.26. The van der Waals surface area contributed by atoms with Gasteiger partial charge in [0.15, 0.2) is 0 Å². The summed E-state index contributed by atoms with van der Waals surface area (Å²) in [6, 6.07) is 8.09. The maximum Gasteiger partial charge on any atom is 0.306 e. The minimum atomic E-state index is -0.743. The Bertz CT molecular complexity index is 560. The first-order valence-electron chi connectivity index (χ1n) is 6.13. The topological polar surface area (TPSA) is 65.1 Å². The Morgan fingerprint density at radius 2 is 2.17 bits per heavy atom. The number of carboxylic acid groups (broad SMARTS) is 1. The van der Waals surface area contributed by atoms with Crippen LogP contribution in [0.25, 0.3) is 10.9 Å². The number of hydrogen-bond donors (Lipinski definition) is 3. The number of aromatic amines is 1. The Labute approximate surface area is 106 Å². The number of hydrogen-bond acceptors (Lipinski definition) is 2. The molecule has 0 aliphatic heterocycles. The Balaban J connectivity index is 2.08. The quantitative estimate of drug-likeness (QED) is 0.759. The minimum absolute atomic E-state index is 0.317. The van der Waals surface area contributed by atoms with Crippen molar-refractivity contribution in [3.05, 3.63) is 30.0 Å². The highest BCUT2D eigenvalue weighted by Gasteiger charge is 2.11. The van der Waals surface area contributed by atoms with Crippen molar-refractivity contribution < 1.29 is 9.90 Å². The molecule has 1 heterocycles. The molecule has 3 N–H and O–H groups in total. The Morgan fingerprint density at radius 1 is 1.44 bits per heavy atom. The Hall–Kier alpha value is -1.97. The van der Waals surface area contributed by atoms with Crippen LogP contribution < -0.4 is 5.32 Å². The Morgan fingerprint density at radius 3 is 2.89 bits per heavy atom. The van der Waals surface area contributed by atoms with Crippen LogP contribution in [-0.4, -0.2) is 22.6 Å². The van der Waals surface area contributed by atoms with Gasteiger partial charge in [-0.15, -0.1) is 0 Å². The van der Waals surface area contributed by atoms with E-state index in [0.29, 0.717) is 13.0 Å². The van der Waals surface area contributed by atoms with Crippen LogP contribution in [-0.2, 0) is 4.79 Å².